The number of benzene rings is 2. The predicted molar refractivity (Wildman–Crippen MR) is 102 cm³/mol. The predicted octanol–water partition coefficient (Wildman–Crippen LogP) is 4.66. The summed E-state index contributed by atoms with van der Waals surface area (Å²) in [5.41, 5.74) is 4.26. The first-order chi connectivity index (χ1) is 11.8. The molecule has 0 bridgehead atoms. The number of nitrogens with one attached hydrogen (secondary N) is 1. The van der Waals surface area contributed by atoms with Crippen LogP contribution in [0.3, 0.4) is 0 Å². The Morgan fingerprint density at radius 1 is 1.00 bits per heavy atom. The molecule has 1 atom stereocenters. The van der Waals surface area contributed by atoms with E-state index >= 15 is 0 Å². The highest BCUT2D eigenvalue weighted by Crippen LogP contribution is 2.32. The van der Waals surface area contributed by atoms with Crippen molar-refractivity contribution in [3.05, 3.63) is 57.1 Å². The maximum Gasteiger partial charge on any atom is 0.256 e. The number of anilines is 2. The van der Waals surface area contributed by atoms with E-state index in [2.05, 4.69) is 5.32 Å². The van der Waals surface area contributed by atoms with Crippen molar-refractivity contribution in [2.75, 3.05) is 10.2 Å². The molecule has 0 saturated carbocycles. The molecule has 4 nitrogen and oxygen atoms in total. The number of aryl methyl sites for hydroxylation is 3. The van der Waals surface area contributed by atoms with Crippen molar-refractivity contribution in [3.8, 4) is 0 Å². The summed E-state index contributed by atoms with van der Waals surface area (Å²) < 4.78 is 0. The minimum absolute atomic E-state index is 0.103. The zero-order valence-corrected chi connectivity index (χ0v) is 15.7. The zero-order valence-electron chi connectivity index (χ0n) is 14.2. The lowest BCUT2D eigenvalue weighted by Gasteiger charge is -2.21. The number of halogens is 2. The highest BCUT2D eigenvalue weighted by Gasteiger charge is 2.40. The van der Waals surface area contributed by atoms with E-state index in [1.54, 1.807) is 18.2 Å². The van der Waals surface area contributed by atoms with E-state index in [1.165, 1.54) is 4.90 Å². The minimum atomic E-state index is -0.621. The van der Waals surface area contributed by atoms with E-state index in [1.807, 2.05) is 32.9 Å². The number of carbonyl (C=O) groups is 2. The molecule has 0 aromatic heterocycles. The number of carbonyl (C=O) groups excluding carboxylic acids is 2. The lowest BCUT2D eigenvalue weighted by atomic mass is 10.0. The number of imide groups is 1. The van der Waals surface area contributed by atoms with Gasteiger partial charge in [0.2, 0.25) is 5.91 Å². The van der Waals surface area contributed by atoms with Gasteiger partial charge in [0.15, 0.2) is 0 Å². The Kier molecular flexibility index (Phi) is 4.76. The fraction of sp³-hybridized carbons (Fsp3) is 0.263. The second kappa shape index (κ2) is 6.70. The Hall–Kier alpha value is -2.04. The Labute approximate surface area is 156 Å². The summed E-state index contributed by atoms with van der Waals surface area (Å²) in [7, 11) is 0. The van der Waals surface area contributed by atoms with E-state index < -0.39 is 6.04 Å². The molecule has 1 aliphatic rings. The molecule has 1 fully saturated rings. The lowest BCUT2D eigenvalue weighted by Crippen LogP contribution is -2.35. The summed E-state index contributed by atoms with van der Waals surface area (Å²) in [6.07, 6.45) is 0.103. The van der Waals surface area contributed by atoms with Crippen LogP contribution in [-0.4, -0.2) is 17.9 Å². The van der Waals surface area contributed by atoms with Crippen molar-refractivity contribution < 1.29 is 9.59 Å². The number of rotatable bonds is 3. The van der Waals surface area contributed by atoms with Gasteiger partial charge in [0.25, 0.3) is 5.91 Å². The highest BCUT2D eigenvalue weighted by molar-refractivity contribution is 6.42. The Morgan fingerprint density at radius 3 is 2.24 bits per heavy atom. The van der Waals surface area contributed by atoms with Gasteiger partial charge in [-0.2, -0.15) is 0 Å². The third-order valence-corrected chi connectivity index (χ3v) is 5.01. The average molecular weight is 377 g/mol. The smallest absolute Gasteiger partial charge is 0.256 e. The summed E-state index contributed by atoms with van der Waals surface area (Å²) in [6, 6.07) is 8.36. The monoisotopic (exact) mass is 376 g/mol. The number of nitrogens with zero attached hydrogens (tertiary/aromatic N) is 1. The van der Waals surface area contributed by atoms with Crippen LogP contribution in [0, 0.1) is 20.8 Å². The Bertz CT molecular complexity index is 857. The average Bonchev–Trinajstić information content (AvgIpc) is 2.78. The molecule has 130 valence electrons. The summed E-state index contributed by atoms with van der Waals surface area (Å²) >= 11 is 11.9. The third kappa shape index (κ3) is 3.37. The van der Waals surface area contributed by atoms with Crippen molar-refractivity contribution >= 4 is 46.4 Å². The van der Waals surface area contributed by atoms with Crippen LogP contribution in [-0.2, 0) is 9.59 Å². The summed E-state index contributed by atoms with van der Waals surface area (Å²) in [6.45, 7) is 5.82. The SMILES string of the molecule is Cc1cc(C)c(N2C(=O)C[C@@H](Nc3ccc(Cl)c(Cl)c3)C2=O)c(C)c1. The summed E-state index contributed by atoms with van der Waals surface area (Å²) in [5.74, 6) is -0.469. The first kappa shape index (κ1) is 17.8. The second-order valence-electron chi connectivity index (χ2n) is 6.34. The van der Waals surface area contributed by atoms with Crippen LogP contribution in [0.5, 0.6) is 0 Å². The van der Waals surface area contributed by atoms with Crippen LogP contribution < -0.4 is 10.2 Å². The normalized spacial score (nSPS) is 17.3. The molecule has 0 spiro atoms. The molecule has 0 unspecified atom stereocenters. The van der Waals surface area contributed by atoms with Crippen LogP contribution in [0.4, 0.5) is 11.4 Å². The molecule has 1 N–H and O–H groups in total. The van der Waals surface area contributed by atoms with Crippen molar-refractivity contribution in [3.63, 3.8) is 0 Å². The first-order valence-corrected chi connectivity index (χ1v) is 8.69. The van der Waals surface area contributed by atoms with Gasteiger partial charge >= 0.3 is 0 Å². The summed E-state index contributed by atoms with van der Waals surface area (Å²) in [5, 5.41) is 3.92. The van der Waals surface area contributed by atoms with E-state index in [4.69, 9.17) is 23.2 Å². The quantitative estimate of drug-likeness (QED) is 0.792. The summed E-state index contributed by atoms with van der Waals surface area (Å²) in [4.78, 5) is 26.7. The van der Waals surface area contributed by atoms with E-state index in [0.717, 1.165) is 16.7 Å². The molecule has 2 amide bonds. The van der Waals surface area contributed by atoms with Crippen LogP contribution >= 0.6 is 23.2 Å². The molecule has 1 saturated heterocycles. The second-order valence-corrected chi connectivity index (χ2v) is 7.16. The lowest BCUT2D eigenvalue weighted by molar-refractivity contribution is -0.121. The Morgan fingerprint density at radius 2 is 1.64 bits per heavy atom. The minimum Gasteiger partial charge on any atom is -0.373 e. The molecule has 1 aliphatic heterocycles. The molecule has 1 heterocycles. The van der Waals surface area contributed by atoms with Gasteiger partial charge < -0.3 is 5.32 Å². The van der Waals surface area contributed by atoms with Gasteiger partial charge in [0, 0.05) is 5.69 Å². The van der Waals surface area contributed by atoms with Gasteiger partial charge in [-0.1, -0.05) is 40.9 Å². The van der Waals surface area contributed by atoms with Gasteiger partial charge in [-0.05, 0) is 50.1 Å². The van der Waals surface area contributed by atoms with E-state index in [0.29, 0.717) is 21.4 Å². The number of amides is 2. The zero-order chi connectivity index (χ0) is 18.3. The van der Waals surface area contributed by atoms with Crippen LogP contribution in [0.15, 0.2) is 30.3 Å². The first-order valence-electron chi connectivity index (χ1n) is 7.94. The van der Waals surface area contributed by atoms with Crippen molar-refractivity contribution in [2.45, 2.75) is 33.2 Å². The molecule has 0 aliphatic carbocycles. The van der Waals surface area contributed by atoms with Gasteiger partial charge in [-0.15, -0.1) is 0 Å². The van der Waals surface area contributed by atoms with E-state index in [-0.39, 0.29) is 18.2 Å². The Balaban J connectivity index is 1.89. The van der Waals surface area contributed by atoms with Crippen LogP contribution in [0.25, 0.3) is 0 Å². The topological polar surface area (TPSA) is 49.4 Å². The molecule has 0 radical (unpaired) electrons. The van der Waals surface area contributed by atoms with Gasteiger partial charge in [0.05, 0.1) is 22.2 Å². The third-order valence-electron chi connectivity index (χ3n) is 4.27. The molecule has 6 heteroatoms. The van der Waals surface area contributed by atoms with Crippen molar-refractivity contribution in [1.82, 2.24) is 0 Å². The van der Waals surface area contributed by atoms with Gasteiger partial charge in [-0.25, -0.2) is 4.90 Å². The van der Waals surface area contributed by atoms with Gasteiger partial charge in [-0.3, -0.25) is 9.59 Å². The van der Waals surface area contributed by atoms with Crippen molar-refractivity contribution in [2.24, 2.45) is 0 Å². The van der Waals surface area contributed by atoms with Crippen molar-refractivity contribution in [1.29, 1.82) is 0 Å². The molecule has 2 aromatic rings. The van der Waals surface area contributed by atoms with Crippen LogP contribution in [0.1, 0.15) is 23.1 Å². The molecular weight excluding hydrogens is 359 g/mol. The molecular formula is C19H18Cl2N2O2. The maximum atomic E-state index is 12.8. The fourth-order valence-electron chi connectivity index (χ4n) is 3.29. The van der Waals surface area contributed by atoms with Crippen LogP contribution in [0.2, 0.25) is 10.0 Å². The number of hydrogen-bond acceptors (Lipinski definition) is 3. The van der Waals surface area contributed by atoms with Gasteiger partial charge in [0.1, 0.15) is 6.04 Å². The highest BCUT2D eigenvalue weighted by atomic mass is 35.5. The van der Waals surface area contributed by atoms with E-state index in [9.17, 15) is 9.59 Å². The largest absolute Gasteiger partial charge is 0.373 e. The fourth-order valence-corrected chi connectivity index (χ4v) is 3.59. The molecule has 3 rings (SSSR count). The molecule has 2 aromatic carbocycles. The maximum absolute atomic E-state index is 12.8. The number of hydrogen-bond donors (Lipinski definition) is 1. The molecule has 25 heavy (non-hydrogen) atoms. The standard InChI is InChI=1S/C19H18Cl2N2O2/c1-10-6-11(2)18(12(3)7-10)23-17(24)9-16(19(23)25)22-13-4-5-14(20)15(21)8-13/h4-8,16,22H,9H2,1-3H3/t16-/m1/s1.